The van der Waals surface area contributed by atoms with Gasteiger partial charge >= 0.3 is 0 Å². The van der Waals surface area contributed by atoms with Gasteiger partial charge in [0, 0.05) is 13.1 Å². The number of nitrogens with one attached hydrogen (secondary N) is 1. The number of hydrogen-bond acceptors (Lipinski definition) is 3. The van der Waals surface area contributed by atoms with E-state index in [4.69, 9.17) is 0 Å². The van der Waals surface area contributed by atoms with E-state index in [-0.39, 0.29) is 0 Å². The Balaban J connectivity index is 2.51. The van der Waals surface area contributed by atoms with E-state index in [0.29, 0.717) is 5.41 Å². The van der Waals surface area contributed by atoms with E-state index in [1.165, 1.54) is 77.7 Å². The standard InChI is InChI=1S/C17H37N3/c1-5-20(14-10-13-19(3)4)16-17(15-18-2)11-8-6-7-9-12-17/h18H,5-16H2,1-4H3. The fourth-order valence-corrected chi connectivity index (χ4v) is 3.68. The van der Waals surface area contributed by atoms with Crippen molar-refractivity contribution >= 4 is 0 Å². The average molecular weight is 284 g/mol. The molecule has 120 valence electrons. The summed E-state index contributed by atoms with van der Waals surface area (Å²) < 4.78 is 0. The molecule has 0 radical (unpaired) electrons. The molecule has 1 rings (SSSR count). The largest absolute Gasteiger partial charge is 0.319 e. The summed E-state index contributed by atoms with van der Waals surface area (Å²) >= 11 is 0. The maximum Gasteiger partial charge on any atom is 0.00500 e. The Morgan fingerprint density at radius 3 is 2.15 bits per heavy atom. The monoisotopic (exact) mass is 283 g/mol. The van der Waals surface area contributed by atoms with Crippen molar-refractivity contribution < 1.29 is 0 Å². The van der Waals surface area contributed by atoms with Crippen molar-refractivity contribution in [2.24, 2.45) is 5.41 Å². The minimum absolute atomic E-state index is 0.527. The summed E-state index contributed by atoms with van der Waals surface area (Å²) in [6.45, 7) is 8.45. The lowest BCUT2D eigenvalue weighted by molar-refractivity contribution is 0.129. The van der Waals surface area contributed by atoms with Gasteiger partial charge in [-0.25, -0.2) is 0 Å². The summed E-state index contributed by atoms with van der Waals surface area (Å²) in [6.07, 6.45) is 9.86. The molecule has 1 aliphatic rings. The van der Waals surface area contributed by atoms with Crippen molar-refractivity contribution in [1.29, 1.82) is 0 Å². The predicted octanol–water partition coefficient (Wildman–Crippen LogP) is 2.82. The van der Waals surface area contributed by atoms with Crippen LogP contribution in [0.15, 0.2) is 0 Å². The zero-order valence-corrected chi connectivity index (χ0v) is 14.4. The summed E-state index contributed by atoms with van der Waals surface area (Å²) in [5.74, 6) is 0. The Morgan fingerprint density at radius 2 is 1.65 bits per heavy atom. The second kappa shape index (κ2) is 9.75. The molecule has 0 aromatic heterocycles. The molecule has 0 saturated heterocycles. The van der Waals surface area contributed by atoms with E-state index in [1.54, 1.807) is 0 Å². The van der Waals surface area contributed by atoms with Gasteiger partial charge in [0.1, 0.15) is 0 Å². The second-order valence-electron chi connectivity index (χ2n) is 6.97. The second-order valence-corrected chi connectivity index (χ2v) is 6.97. The third-order valence-electron chi connectivity index (χ3n) is 4.80. The highest BCUT2D eigenvalue weighted by molar-refractivity contribution is 4.86. The van der Waals surface area contributed by atoms with Crippen molar-refractivity contribution in [1.82, 2.24) is 15.1 Å². The van der Waals surface area contributed by atoms with E-state index in [0.717, 1.165) is 0 Å². The van der Waals surface area contributed by atoms with Crippen molar-refractivity contribution in [3.8, 4) is 0 Å². The van der Waals surface area contributed by atoms with Crippen LogP contribution >= 0.6 is 0 Å². The summed E-state index contributed by atoms with van der Waals surface area (Å²) in [7, 11) is 6.46. The van der Waals surface area contributed by atoms with Crippen LogP contribution in [0.3, 0.4) is 0 Å². The van der Waals surface area contributed by atoms with Gasteiger partial charge < -0.3 is 15.1 Å². The quantitative estimate of drug-likeness (QED) is 0.657. The molecule has 0 atom stereocenters. The van der Waals surface area contributed by atoms with Crippen LogP contribution in [-0.4, -0.2) is 63.7 Å². The van der Waals surface area contributed by atoms with Crippen LogP contribution in [0.1, 0.15) is 51.9 Å². The van der Waals surface area contributed by atoms with Gasteiger partial charge in [-0.2, -0.15) is 0 Å². The molecule has 1 fully saturated rings. The molecule has 3 nitrogen and oxygen atoms in total. The summed E-state index contributed by atoms with van der Waals surface area (Å²) in [6, 6.07) is 0. The third-order valence-corrected chi connectivity index (χ3v) is 4.80. The fourth-order valence-electron chi connectivity index (χ4n) is 3.68. The fraction of sp³-hybridized carbons (Fsp3) is 1.00. The third kappa shape index (κ3) is 6.55. The first kappa shape index (κ1) is 17.9. The van der Waals surface area contributed by atoms with Gasteiger partial charge in [0.2, 0.25) is 0 Å². The van der Waals surface area contributed by atoms with Crippen LogP contribution in [0.25, 0.3) is 0 Å². The zero-order valence-electron chi connectivity index (χ0n) is 14.4. The van der Waals surface area contributed by atoms with Crippen molar-refractivity contribution in [3.05, 3.63) is 0 Å². The Bertz CT molecular complexity index is 232. The summed E-state index contributed by atoms with van der Waals surface area (Å²) in [5.41, 5.74) is 0.527. The summed E-state index contributed by atoms with van der Waals surface area (Å²) in [5, 5.41) is 3.47. The highest BCUT2D eigenvalue weighted by atomic mass is 15.1. The van der Waals surface area contributed by atoms with E-state index >= 15 is 0 Å². The molecular weight excluding hydrogens is 246 g/mol. The Morgan fingerprint density at radius 1 is 1.00 bits per heavy atom. The van der Waals surface area contributed by atoms with Crippen molar-refractivity contribution in [2.45, 2.75) is 51.9 Å². The van der Waals surface area contributed by atoms with Crippen LogP contribution < -0.4 is 5.32 Å². The first-order chi connectivity index (χ1) is 9.62. The van der Waals surface area contributed by atoms with Gasteiger partial charge in [-0.15, -0.1) is 0 Å². The highest BCUT2D eigenvalue weighted by Crippen LogP contribution is 2.35. The number of nitrogens with zero attached hydrogens (tertiary/aromatic N) is 2. The Labute approximate surface area is 127 Å². The normalized spacial score (nSPS) is 19.5. The number of rotatable bonds is 9. The molecular formula is C17H37N3. The first-order valence-corrected chi connectivity index (χ1v) is 8.63. The van der Waals surface area contributed by atoms with E-state index < -0.39 is 0 Å². The van der Waals surface area contributed by atoms with E-state index in [1.807, 2.05) is 0 Å². The van der Waals surface area contributed by atoms with Crippen LogP contribution in [0.5, 0.6) is 0 Å². The Kier molecular flexibility index (Phi) is 8.74. The minimum Gasteiger partial charge on any atom is -0.319 e. The van der Waals surface area contributed by atoms with Crippen LogP contribution in [0.2, 0.25) is 0 Å². The molecule has 0 aliphatic heterocycles. The minimum atomic E-state index is 0.527. The van der Waals surface area contributed by atoms with Crippen LogP contribution in [0, 0.1) is 5.41 Å². The van der Waals surface area contributed by atoms with E-state index in [2.05, 4.69) is 43.2 Å². The molecule has 3 heteroatoms. The molecule has 0 bridgehead atoms. The maximum absolute atomic E-state index is 3.47. The molecule has 0 aromatic rings. The lowest BCUT2D eigenvalue weighted by Crippen LogP contribution is -2.44. The predicted molar refractivity (Wildman–Crippen MR) is 89.3 cm³/mol. The van der Waals surface area contributed by atoms with Gasteiger partial charge in [0.15, 0.2) is 0 Å². The van der Waals surface area contributed by atoms with Gasteiger partial charge in [-0.3, -0.25) is 0 Å². The van der Waals surface area contributed by atoms with Gasteiger partial charge in [0.25, 0.3) is 0 Å². The molecule has 0 heterocycles. The average Bonchev–Trinajstić information content (AvgIpc) is 2.63. The zero-order chi connectivity index (χ0) is 14.8. The van der Waals surface area contributed by atoms with E-state index in [9.17, 15) is 0 Å². The SMILES string of the molecule is CCN(CCCN(C)C)CC1(CNC)CCCCCC1. The van der Waals surface area contributed by atoms with Crippen molar-refractivity contribution in [2.75, 3.05) is 53.9 Å². The van der Waals surface area contributed by atoms with Crippen LogP contribution in [0.4, 0.5) is 0 Å². The van der Waals surface area contributed by atoms with Crippen molar-refractivity contribution in [3.63, 3.8) is 0 Å². The molecule has 20 heavy (non-hydrogen) atoms. The summed E-state index contributed by atoms with van der Waals surface area (Å²) in [4.78, 5) is 4.98. The van der Waals surface area contributed by atoms with Crippen LogP contribution in [-0.2, 0) is 0 Å². The molecule has 0 amide bonds. The number of hydrogen-bond donors (Lipinski definition) is 1. The van der Waals surface area contributed by atoms with Gasteiger partial charge in [-0.1, -0.05) is 32.6 Å². The Hall–Kier alpha value is -0.120. The lowest BCUT2D eigenvalue weighted by Gasteiger charge is -2.38. The first-order valence-electron chi connectivity index (χ1n) is 8.63. The highest BCUT2D eigenvalue weighted by Gasteiger charge is 2.31. The molecule has 1 aliphatic carbocycles. The smallest absolute Gasteiger partial charge is 0.00500 e. The topological polar surface area (TPSA) is 18.5 Å². The molecule has 0 spiro atoms. The molecule has 0 unspecified atom stereocenters. The van der Waals surface area contributed by atoms with Gasteiger partial charge in [-0.05, 0) is 65.5 Å². The molecule has 1 saturated carbocycles. The molecule has 1 N–H and O–H groups in total. The maximum atomic E-state index is 3.47. The van der Waals surface area contributed by atoms with Gasteiger partial charge in [0.05, 0.1) is 0 Å². The molecule has 0 aromatic carbocycles. The lowest BCUT2D eigenvalue weighted by atomic mass is 9.79.